The predicted octanol–water partition coefficient (Wildman–Crippen LogP) is 4.26. The summed E-state index contributed by atoms with van der Waals surface area (Å²) < 4.78 is 7.95. The van der Waals surface area contributed by atoms with Crippen LogP contribution < -0.4 is 5.56 Å². The van der Waals surface area contributed by atoms with E-state index in [1.807, 2.05) is 90.6 Å². The quantitative estimate of drug-likeness (QED) is 0.276. The van der Waals surface area contributed by atoms with Crippen LogP contribution in [0.5, 0.6) is 0 Å². The van der Waals surface area contributed by atoms with Crippen LogP contribution in [0.15, 0.2) is 76.4 Å². The molecule has 0 spiro atoms. The van der Waals surface area contributed by atoms with Gasteiger partial charge in [-0.1, -0.05) is 46.3 Å². The van der Waals surface area contributed by atoms with Gasteiger partial charge in [0, 0.05) is 53.8 Å². The van der Waals surface area contributed by atoms with Crippen molar-refractivity contribution in [3.8, 4) is 17.3 Å². The molecule has 2 aromatic carbocycles. The van der Waals surface area contributed by atoms with Gasteiger partial charge in [-0.15, -0.1) is 10.2 Å². The van der Waals surface area contributed by atoms with E-state index in [0.29, 0.717) is 47.0 Å². The number of rotatable bonds is 5. The number of amides is 1. The van der Waals surface area contributed by atoms with Gasteiger partial charge in [0.25, 0.3) is 11.5 Å². The smallest absolute Gasteiger partial charge is 0.263 e. The van der Waals surface area contributed by atoms with Gasteiger partial charge < -0.3 is 9.47 Å². The third-order valence-corrected chi connectivity index (χ3v) is 9.28. The van der Waals surface area contributed by atoms with Gasteiger partial charge in [-0.25, -0.2) is 9.08 Å². The number of carbonyl (C=O) groups is 1. The molecule has 0 radical (unpaired) electrons. The number of halogens is 1. The summed E-state index contributed by atoms with van der Waals surface area (Å²) in [6.07, 6.45) is 4.41. The fourth-order valence-electron chi connectivity index (χ4n) is 6.04. The van der Waals surface area contributed by atoms with Gasteiger partial charge in [-0.05, 0) is 49.6 Å². The zero-order valence-electron chi connectivity index (χ0n) is 24.8. The number of aromatic nitrogens is 8. The molecule has 11 nitrogen and oxygen atoms in total. The Morgan fingerprint density at radius 2 is 1.89 bits per heavy atom. The fourth-order valence-corrected chi connectivity index (χ4v) is 6.29. The lowest BCUT2D eigenvalue weighted by molar-refractivity contribution is 0.0651. The topological polar surface area (TPSA) is 108 Å². The summed E-state index contributed by atoms with van der Waals surface area (Å²) >= 11 is 3.53. The van der Waals surface area contributed by atoms with E-state index in [0.717, 1.165) is 26.9 Å². The van der Waals surface area contributed by atoms with Crippen LogP contribution in [0.1, 0.15) is 45.2 Å². The highest BCUT2D eigenvalue weighted by atomic mass is 79.9. The van der Waals surface area contributed by atoms with Crippen LogP contribution in [0, 0.1) is 6.92 Å². The molecule has 0 bridgehead atoms. The van der Waals surface area contributed by atoms with Gasteiger partial charge in [0.15, 0.2) is 11.6 Å². The zero-order chi connectivity index (χ0) is 30.7. The molecule has 1 aliphatic rings. The van der Waals surface area contributed by atoms with Gasteiger partial charge in [-0.2, -0.15) is 10.2 Å². The summed E-state index contributed by atoms with van der Waals surface area (Å²) in [5, 5.41) is 17.9. The van der Waals surface area contributed by atoms with Crippen molar-refractivity contribution in [2.45, 2.75) is 39.3 Å². The first-order chi connectivity index (χ1) is 21.2. The molecule has 4 aromatic heterocycles. The highest BCUT2D eigenvalue weighted by Crippen LogP contribution is 2.29. The molecular formula is C32H30BrN9O2. The van der Waals surface area contributed by atoms with Crippen molar-refractivity contribution in [1.29, 1.82) is 0 Å². The second-order valence-corrected chi connectivity index (χ2v) is 12.2. The van der Waals surface area contributed by atoms with Crippen LogP contribution in [0.2, 0.25) is 0 Å². The summed E-state index contributed by atoms with van der Waals surface area (Å²) in [5.74, 6) is 1.03. The van der Waals surface area contributed by atoms with E-state index >= 15 is 0 Å². The van der Waals surface area contributed by atoms with Crippen molar-refractivity contribution in [3.05, 3.63) is 115 Å². The Morgan fingerprint density at radius 3 is 2.61 bits per heavy atom. The Labute approximate surface area is 261 Å². The van der Waals surface area contributed by atoms with Crippen molar-refractivity contribution in [2.75, 3.05) is 0 Å². The van der Waals surface area contributed by atoms with E-state index in [2.05, 4.69) is 38.3 Å². The highest BCUT2D eigenvalue weighted by molar-refractivity contribution is 9.10. The minimum Gasteiger partial charge on any atom is -0.330 e. The van der Waals surface area contributed by atoms with Gasteiger partial charge in [-0.3, -0.25) is 14.3 Å². The van der Waals surface area contributed by atoms with Crippen molar-refractivity contribution in [1.82, 2.24) is 43.6 Å². The minimum absolute atomic E-state index is 0.0780. The van der Waals surface area contributed by atoms with Crippen molar-refractivity contribution in [2.24, 2.45) is 14.1 Å². The van der Waals surface area contributed by atoms with Crippen LogP contribution in [0.3, 0.4) is 0 Å². The molecule has 44 heavy (non-hydrogen) atoms. The summed E-state index contributed by atoms with van der Waals surface area (Å²) in [4.78, 5) is 30.1. The zero-order valence-corrected chi connectivity index (χ0v) is 26.4. The number of hydrogen-bond donors (Lipinski definition) is 0. The third kappa shape index (κ3) is 4.57. The number of hydrogen-bond acceptors (Lipinski definition) is 6. The number of benzene rings is 2. The molecule has 0 saturated heterocycles. The third-order valence-electron chi connectivity index (χ3n) is 8.39. The van der Waals surface area contributed by atoms with Crippen molar-refractivity contribution < 1.29 is 4.79 Å². The van der Waals surface area contributed by atoms with Gasteiger partial charge in [0.1, 0.15) is 17.7 Å². The second kappa shape index (κ2) is 10.7. The minimum atomic E-state index is -0.199. The lowest BCUT2D eigenvalue weighted by Gasteiger charge is -2.35. The molecule has 0 fully saturated rings. The Morgan fingerprint density at radius 1 is 1.09 bits per heavy atom. The summed E-state index contributed by atoms with van der Waals surface area (Å²) in [7, 11) is 3.69. The lowest BCUT2D eigenvalue weighted by Crippen LogP contribution is -2.46. The number of aryl methyl sites for hydroxylation is 3. The average Bonchev–Trinajstić information content (AvgIpc) is 3.73. The number of carbonyl (C=O) groups excluding carboxylic acids is 1. The standard InChI is InChI=1S/C32H30BrN9O2/c1-19-12-22(10-11-25(19)33)31(43)40-17-27-24(13-20(40)2)32(44)41(28-15-26(39(4)37-28)29-36-34-18-38(29)3)30-23(16-35-42(27)30)14-21-8-6-5-7-9-21/h5-12,15-16,18,20H,13-14,17H2,1-4H3. The first-order valence-corrected chi connectivity index (χ1v) is 15.1. The monoisotopic (exact) mass is 651 g/mol. The SMILES string of the molecule is Cc1cc(C(=O)N2Cc3c(c(=O)n(-c4cc(-c5nncn5C)n(C)n4)c4c(Cc5ccccc5)cnn34)CC2C)ccc1Br. The molecule has 1 aliphatic heterocycles. The molecule has 222 valence electrons. The van der Waals surface area contributed by atoms with Crippen molar-refractivity contribution in [3.63, 3.8) is 0 Å². The molecule has 0 saturated carbocycles. The van der Waals surface area contributed by atoms with Crippen molar-refractivity contribution >= 4 is 27.5 Å². The van der Waals surface area contributed by atoms with E-state index < -0.39 is 0 Å². The fraction of sp³-hybridized carbons (Fsp3) is 0.250. The van der Waals surface area contributed by atoms with E-state index in [-0.39, 0.29) is 24.1 Å². The number of fused-ring (bicyclic) bond motifs is 3. The summed E-state index contributed by atoms with van der Waals surface area (Å²) in [5.41, 5.74) is 6.09. The molecule has 1 unspecified atom stereocenters. The average molecular weight is 653 g/mol. The van der Waals surface area contributed by atoms with Crippen LogP contribution in [-0.2, 0) is 33.5 Å². The Balaban J connectivity index is 1.41. The van der Waals surface area contributed by atoms with Crippen LogP contribution in [-0.4, -0.2) is 55.6 Å². The maximum absolute atomic E-state index is 14.5. The maximum Gasteiger partial charge on any atom is 0.263 e. The Kier molecular flexibility index (Phi) is 6.80. The second-order valence-electron chi connectivity index (χ2n) is 11.4. The van der Waals surface area contributed by atoms with Crippen LogP contribution in [0.4, 0.5) is 0 Å². The van der Waals surface area contributed by atoms with E-state index in [1.54, 1.807) is 15.6 Å². The molecule has 7 rings (SSSR count). The predicted molar refractivity (Wildman–Crippen MR) is 169 cm³/mol. The first-order valence-electron chi connectivity index (χ1n) is 14.3. The molecule has 12 heteroatoms. The highest BCUT2D eigenvalue weighted by Gasteiger charge is 2.34. The first kappa shape index (κ1) is 28.0. The Bertz CT molecular complexity index is 2120. The number of nitrogens with zero attached hydrogens (tertiary/aromatic N) is 9. The normalized spacial score (nSPS) is 14.8. The summed E-state index contributed by atoms with van der Waals surface area (Å²) in [6, 6.07) is 17.4. The molecule has 1 amide bonds. The van der Waals surface area contributed by atoms with Crippen LogP contribution >= 0.6 is 15.9 Å². The molecule has 6 aromatic rings. The van der Waals surface area contributed by atoms with Gasteiger partial charge in [0.2, 0.25) is 0 Å². The maximum atomic E-state index is 14.5. The molecule has 0 aliphatic carbocycles. The Hall–Kier alpha value is -4.84. The molecule has 5 heterocycles. The largest absolute Gasteiger partial charge is 0.330 e. The summed E-state index contributed by atoms with van der Waals surface area (Å²) in [6.45, 7) is 4.21. The van der Waals surface area contributed by atoms with E-state index in [1.165, 1.54) is 0 Å². The lowest BCUT2D eigenvalue weighted by atomic mass is 9.98. The molecule has 1 atom stereocenters. The van der Waals surface area contributed by atoms with Crippen LogP contribution in [0.25, 0.3) is 23.0 Å². The van der Waals surface area contributed by atoms with E-state index in [4.69, 9.17) is 10.2 Å². The van der Waals surface area contributed by atoms with E-state index in [9.17, 15) is 9.59 Å². The van der Waals surface area contributed by atoms with Gasteiger partial charge in [0.05, 0.1) is 18.4 Å². The molecular weight excluding hydrogens is 622 g/mol. The van der Waals surface area contributed by atoms with Gasteiger partial charge >= 0.3 is 0 Å². The molecule has 0 N–H and O–H groups in total.